The lowest BCUT2D eigenvalue weighted by Gasteiger charge is -2.03. The van der Waals surface area contributed by atoms with Crippen molar-refractivity contribution in [2.24, 2.45) is 5.10 Å². The van der Waals surface area contributed by atoms with Gasteiger partial charge in [0, 0.05) is 18.2 Å². The zero-order valence-electron chi connectivity index (χ0n) is 10.8. The van der Waals surface area contributed by atoms with Gasteiger partial charge in [-0.2, -0.15) is 5.10 Å². The monoisotopic (exact) mass is 280 g/mol. The molecule has 0 saturated heterocycles. The first kappa shape index (κ1) is 15.2. The van der Waals surface area contributed by atoms with Gasteiger partial charge in [0.25, 0.3) is 5.69 Å². The predicted octanol–water partition coefficient (Wildman–Crippen LogP) is 2.27. The first-order valence-electron chi connectivity index (χ1n) is 5.52. The van der Waals surface area contributed by atoms with E-state index in [0.29, 0.717) is 5.71 Å². The van der Waals surface area contributed by atoms with E-state index >= 15 is 0 Å². The highest BCUT2D eigenvalue weighted by molar-refractivity contribution is 6.00. The number of carbonyl (C=O) groups excluding carboxylic acids is 1. The minimum Gasteiger partial charge on any atom is -0.300 e. The van der Waals surface area contributed by atoms with Gasteiger partial charge in [0.1, 0.15) is 11.5 Å². The van der Waals surface area contributed by atoms with Crippen LogP contribution in [0.25, 0.3) is 0 Å². The molecular formula is C11H12N4O5. The zero-order chi connectivity index (χ0) is 15.3. The standard InChI is InChI=1S/C11H12N4O5/c1-7(5-8(2)16)12-13-10-4-3-9(14(17)18)6-11(10)15(19)20/h3-4,6,13H,5H2,1-2H3/b12-7+. The molecule has 1 N–H and O–H groups in total. The molecule has 0 aliphatic rings. The van der Waals surface area contributed by atoms with Gasteiger partial charge >= 0.3 is 5.69 Å². The van der Waals surface area contributed by atoms with Crippen LogP contribution < -0.4 is 5.43 Å². The average molecular weight is 280 g/mol. The number of ketones is 1. The number of hydrazone groups is 1. The fraction of sp³-hybridized carbons (Fsp3) is 0.273. The third kappa shape index (κ3) is 4.12. The Morgan fingerprint density at radius 2 is 1.90 bits per heavy atom. The Labute approximate surface area is 113 Å². The second-order valence-corrected chi connectivity index (χ2v) is 4.05. The number of anilines is 1. The Balaban J connectivity index is 3.03. The summed E-state index contributed by atoms with van der Waals surface area (Å²) in [4.78, 5) is 30.8. The average Bonchev–Trinajstić information content (AvgIpc) is 2.35. The van der Waals surface area contributed by atoms with E-state index in [2.05, 4.69) is 10.5 Å². The fourth-order valence-electron chi connectivity index (χ4n) is 1.43. The van der Waals surface area contributed by atoms with Crippen molar-refractivity contribution in [3.63, 3.8) is 0 Å². The van der Waals surface area contributed by atoms with Gasteiger partial charge in [0.15, 0.2) is 0 Å². The van der Waals surface area contributed by atoms with Crippen molar-refractivity contribution in [2.45, 2.75) is 20.3 Å². The Hall–Kier alpha value is -2.84. The highest BCUT2D eigenvalue weighted by Gasteiger charge is 2.19. The zero-order valence-corrected chi connectivity index (χ0v) is 10.8. The number of nitro groups is 2. The van der Waals surface area contributed by atoms with Crippen molar-refractivity contribution in [1.82, 2.24) is 0 Å². The van der Waals surface area contributed by atoms with Crippen LogP contribution in [0.5, 0.6) is 0 Å². The van der Waals surface area contributed by atoms with Crippen molar-refractivity contribution in [3.05, 3.63) is 38.4 Å². The summed E-state index contributed by atoms with van der Waals surface area (Å²) in [6, 6.07) is 3.17. The molecule has 0 unspecified atom stereocenters. The normalized spacial score (nSPS) is 11.0. The molecular weight excluding hydrogens is 268 g/mol. The van der Waals surface area contributed by atoms with Crippen LogP contribution in [0.3, 0.4) is 0 Å². The SMILES string of the molecule is CC(=O)C/C(C)=N/Nc1ccc([N+](=O)[O-])cc1[N+](=O)[O-]. The quantitative estimate of drug-likeness (QED) is 0.483. The van der Waals surface area contributed by atoms with Crippen LogP contribution in [0.4, 0.5) is 17.1 Å². The van der Waals surface area contributed by atoms with E-state index in [9.17, 15) is 25.0 Å². The Bertz CT molecular complexity index is 596. The first-order valence-corrected chi connectivity index (χ1v) is 5.52. The predicted molar refractivity (Wildman–Crippen MR) is 71.8 cm³/mol. The number of nitro benzene ring substituents is 2. The molecule has 0 aromatic heterocycles. The summed E-state index contributed by atoms with van der Waals surface area (Å²) in [7, 11) is 0. The van der Waals surface area contributed by atoms with E-state index in [1.165, 1.54) is 13.0 Å². The van der Waals surface area contributed by atoms with Crippen LogP contribution in [-0.2, 0) is 4.79 Å². The number of hydrogen-bond acceptors (Lipinski definition) is 7. The maximum atomic E-state index is 10.9. The Morgan fingerprint density at radius 1 is 1.25 bits per heavy atom. The number of rotatable bonds is 6. The molecule has 20 heavy (non-hydrogen) atoms. The maximum Gasteiger partial charge on any atom is 0.301 e. The third-order valence-electron chi connectivity index (χ3n) is 2.26. The minimum atomic E-state index is -0.745. The molecule has 0 aliphatic heterocycles. The third-order valence-corrected chi connectivity index (χ3v) is 2.26. The fourth-order valence-corrected chi connectivity index (χ4v) is 1.43. The largest absolute Gasteiger partial charge is 0.301 e. The highest BCUT2D eigenvalue weighted by atomic mass is 16.6. The van der Waals surface area contributed by atoms with E-state index in [0.717, 1.165) is 12.1 Å². The summed E-state index contributed by atoms with van der Waals surface area (Å²) in [5.41, 5.74) is 2.06. The molecule has 0 spiro atoms. The summed E-state index contributed by atoms with van der Waals surface area (Å²) < 4.78 is 0. The number of non-ortho nitro benzene ring substituents is 1. The van der Waals surface area contributed by atoms with Gasteiger partial charge < -0.3 is 0 Å². The molecule has 0 aliphatic carbocycles. The smallest absolute Gasteiger partial charge is 0.300 e. The second-order valence-electron chi connectivity index (χ2n) is 4.05. The van der Waals surface area contributed by atoms with Crippen molar-refractivity contribution < 1.29 is 14.6 Å². The van der Waals surface area contributed by atoms with Crippen LogP contribution in [0, 0.1) is 20.2 Å². The van der Waals surface area contributed by atoms with Crippen LogP contribution in [-0.4, -0.2) is 21.3 Å². The number of hydrogen-bond donors (Lipinski definition) is 1. The minimum absolute atomic E-state index is 0.0171. The van der Waals surface area contributed by atoms with Crippen molar-refractivity contribution >= 4 is 28.6 Å². The van der Waals surface area contributed by atoms with Gasteiger partial charge in [-0.25, -0.2) is 0 Å². The number of nitrogens with one attached hydrogen (secondary N) is 1. The van der Waals surface area contributed by atoms with E-state index in [1.54, 1.807) is 6.92 Å². The lowest BCUT2D eigenvalue weighted by Crippen LogP contribution is -2.04. The number of carbonyl (C=O) groups is 1. The summed E-state index contributed by atoms with van der Waals surface area (Å²) in [5, 5.41) is 25.3. The lowest BCUT2D eigenvalue weighted by molar-refractivity contribution is -0.393. The molecule has 0 amide bonds. The van der Waals surface area contributed by atoms with E-state index in [4.69, 9.17) is 0 Å². The molecule has 1 aromatic carbocycles. The Kier molecular flexibility index (Phi) is 4.84. The molecule has 0 saturated carbocycles. The molecule has 106 valence electrons. The Morgan fingerprint density at radius 3 is 2.40 bits per heavy atom. The van der Waals surface area contributed by atoms with E-state index < -0.39 is 15.5 Å². The van der Waals surface area contributed by atoms with Crippen molar-refractivity contribution in [3.8, 4) is 0 Å². The molecule has 0 heterocycles. The van der Waals surface area contributed by atoms with Gasteiger partial charge in [0.2, 0.25) is 0 Å². The molecule has 9 heteroatoms. The number of nitrogens with zero attached hydrogens (tertiary/aromatic N) is 3. The van der Waals surface area contributed by atoms with Gasteiger partial charge in [0.05, 0.1) is 15.9 Å². The van der Waals surface area contributed by atoms with Gasteiger partial charge in [-0.15, -0.1) is 0 Å². The van der Waals surface area contributed by atoms with Gasteiger partial charge in [-0.3, -0.25) is 30.4 Å². The molecule has 0 radical (unpaired) electrons. The molecule has 1 rings (SSSR count). The molecule has 9 nitrogen and oxygen atoms in total. The van der Waals surface area contributed by atoms with Crippen LogP contribution in [0.1, 0.15) is 20.3 Å². The van der Waals surface area contributed by atoms with Crippen LogP contribution >= 0.6 is 0 Å². The summed E-state index contributed by atoms with van der Waals surface area (Å²) in [5.74, 6) is -0.0914. The van der Waals surface area contributed by atoms with Crippen molar-refractivity contribution in [1.29, 1.82) is 0 Å². The van der Waals surface area contributed by atoms with Gasteiger partial charge in [-0.1, -0.05) is 0 Å². The van der Waals surface area contributed by atoms with Crippen LogP contribution in [0.2, 0.25) is 0 Å². The summed E-state index contributed by atoms with van der Waals surface area (Å²) in [6.45, 7) is 2.99. The summed E-state index contributed by atoms with van der Waals surface area (Å²) >= 11 is 0. The summed E-state index contributed by atoms with van der Waals surface area (Å²) in [6.07, 6.45) is 0.119. The van der Waals surface area contributed by atoms with Crippen molar-refractivity contribution in [2.75, 3.05) is 5.43 Å². The highest BCUT2D eigenvalue weighted by Crippen LogP contribution is 2.28. The van der Waals surface area contributed by atoms with Gasteiger partial charge in [-0.05, 0) is 19.9 Å². The molecule has 0 bridgehead atoms. The number of benzene rings is 1. The first-order chi connectivity index (χ1) is 9.31. The van der Waals surface area contributed by atoms with Crippen LogP contribution in [0.15, 0.2) is 23.3 Å². The molecule has 0 fully saturated rings. The topological polar surface area (TPSA) is 128 Å². The van der Waals surface area contributed by atoms with E-state index in [-0.39, 0.29) is 23.6 Å². The second kappa shape index (κ2) is 6.36. The maximum absolute atomic E-state index is 10.9. The number of Topliss-reactive ketones (excluding diaryl/α,β-unsaturated/α-hetero) is 1. The van der Waals surface area contributed by atoms with E-state index in [1.807, 2.05) is 0 Å². The molecule has 0 atom stereocenters. The lowest BCUT2D eigenvalue weighted by atomic mass is 10.2. The molecule has 1 aromatic rings.